The number of methoxy groups -OCH3 is 1. The first-order chi connectivity index (χ1) is 10.5. The van der Waals surface area contributed by atoms with Gasteiger partial charge in [-0.25, -0.2) is 4.79 Å². The Morgan fingerprint density at radius 1 is 1.30 bits per heavy atom. The van der Waals surface area contributed by atoms with Crippen LogP contribution in [0.5, 0.6) is 0 Å². The first-order valence-corrected chi connectivity index (χ1v) is 11.4. The Kier molecular flexibility index (Phi) is 8.92. The summed E-state index contributed by atoms with van der Waals surface area (Å²) in [4.78, 5) is 23.3. The van der Waals surface area contributed by atoms with Crippen LogP contribution >= 0.6 is 0 Å². The minimum atomic E-state index is -1.39. The predicted molar refractivity (Wildman–Crippen MR) is 95.5 cm³/mol. The zero-order valence-corrected chi connectivity index (χ0v) is 16.3. The summed E-state index contributed by atoms with van der Waals surface area (Å²) in [6.45, 7) is 14.3. The highest BCUT2D eigenvalue weighted by Crippen LogP contribution is 2.23. The Morgan fingerprint density at radius 2 is 1.91 bits per heavy atom. The van der Waals surface area contributed by atoms with Crippen LogP contribution in [0.25, 0.3) is 0 Å². The number of esters is 2. The molecular weight excluding hydrogens is 308 g/mol. The monoisotopic (exact) mass is 338 g/mol. The summed E-state index contributed by atoms with van der Waals surface area (Å²) < 4.78 is 9.77. The number of carbonyl (C=O) groups excluding carboxylic acids is 2. The lowest BCUT2D eigenvalue weighted by Gasteiger charge is -2.19. The molecule has 0 fully saturated rings. The van der Waals surface area contributed by atoms with Crippen LogP contribution in [-0.2, 0) is 19.1 Å². The lowest BCUT2D eigenvalue weighted by atomic mass is 9.88. The number of hydrogen-bond donors (Lipinski definition) is 0. The van der Waals surface area contributed by atoms with Gasteiger partial charge in [-0.3, -0.25) is 4.79 Å². The third-order valence-corrected chi connectivity index (χ3v) is 3.95. The molecule has 0 radical (unpaired) electrons. The van der Waals surface area contributed by atoms with Gasteiger partial charge in [0.2, 0.25) is 6.10 Å². The highest BCUT2D eigenvalue weighted by molar-refractivity contribution is 6.83. The fourth-order valence-electron chi connectivity index (χ4n) is 1.79. The first kappa shape index (κ1) is 21.5. The van der Waals surface area contributed by atoms with Crippen molar-refractivity contribution in [3.05, 3.63) is 12.7 Å². The van der Waals surface area contributed by atoms with E-state index in [0.29, 0.717) is 6.42 Å². The van der Waals surface area contributed by atoms with Gasteiger partial charge in [-0.1, -0.05) is 25.7 Å². The highest BCUT2D eigenvalue weighted by atomic mass is 28.3. The predicted octanol–water partition coefficient (Wildman–Crippen LogP) is 3.72. The molecule has 130 valence electrons. The molecule has 0 aromatic heterocycles. The van der Waals surface area contributed by atoms with Crippen molar-refractivity contribution in [1.82, 2.24) is 0 Å². The minimum absolute atomic E-state index is 0.122. The SMILES string of the molecule is C=CCC(OC(=O)CCCC(C)(C)C#C[Si](C)(C)C)C(=O)OC. The fraction of sp³-hybridized carbons (Fsp3) is 0.667. The van der Waals surface area contributed by atoms with Gasteiger partial charge in [0.15, 0.2) is 0 Å². The molecule has 0 aliphatic heterocycles. The first-order valence-electron chi connectivity index (χ1n) is 7.93. The molecule has 4 nitrogen and oxygen atoms in total. The molecule has 0 bridgehead atoms. The number of hydrogen-bond acceptors (Lipinski definition) is 4. The molecule has 0 N–H and O–H groups in total. The van der Waals surface area contributed by atoms with Crippen LogP contribution < -0.4 is 0 Å². The lowest BCUT2D eigenvalue weighted by Crippen LogP contribution is -2.28. The van der Waals surface area contributed by atoms with Crippen LogP contribution in [-0.4, -0.2) is 33.2 Å². The van der Waals surface area contributed by atoms with Crippen LogP contribution in [0.4, 0.5) is 0 Å². The third kappa shape index (κ3) is 10.8. The van der Waals surface area contributed by atoms with Crippen LogP contribution in [0, 0.1) is 16.9 Å². The third-order valence-electron chi connectivity index (χ3n) is 3.08. The molecular formula is C18H30O4Si. The molecule has 0 spiro atoms. The van der Waals surface area contributed by atoms with E-state index in [0.717, 1.165) is 6.42 Å². The molecule has 0 saturated heterocycles. The van der Waals surface area contributed by atoms with Gasteiger partial charge in [0.25, 0.3) is 0 Å². The van der Waals surface area contributed by atoms with Crippen molar-refractivity contribution in [3.63, 3.8) is 0 Å². The van der Waals surface area contributed by atoms with Crippen molar-refractivity contribution < 1.29 is 19.1 Å². The molecule has 23 heavy (non-hydrogen) atoms. The van der Waals surface area contributed by atoms with Gasteiger partial charge in [-0.15, -0.1) is 18.0 Å². The maximum absolute atomic E-state index is 11.9. The van der Waals surface area contributed by atoms with E-state index in [2.05, 4.69) is 56.3 Å². The summed E-state index contributed by atoms with van der Waals surface area (Å²) in [5.41, 5.74) is 3.25. The zero-order chi connectivity index (χ0) is 18.1. The van der Waals surface area contributed by atoms with Crippen molar-refractivity contribution in [1.29, 1.82) is 0 Å². The highest BCUT2D eigenvalue weighted by Gasteiger charge is 2.23. The van der Waals surface area contributed by atoms with Gasteiger partial charge in [0.05, 0.1) is 7.11 Å². The van der Waals surface area contributed by atoms with E-state index in [1.54, 1.807) is 0 Å². The zero-order valence-electron chi connectivity index (χ0n) is 15.3. The van der Waals surface area contributed by atoms with Gasteiger partial charge >= 0.3 is 11.9 Å². The minimum Gasteiger partial charge on any atom is -0.466 e. The van der Waals surface area contributed by atoms with E-state index in [-0.39, 0.29) is 18.3 Å². The standard InChI is InChI=1S/C18H30O4Si/c1-8-10-15(17(20)21-4)22-16(19)11-9-12-18(2,3)13-14-23(5,6)7/h8,15H,1,9-12H2,2-7H3. The van der Waals surface area contributed by atoms with E-state index < -0.39 is 26.1 Å². The Morgan fingerprint density at radius 3 is 2.39 bits per heavy atom. The summed E-state index contributed by atoms with van der Waals surface area (Å²) in [6.07, 6.45) is 2.64. The Balaban J connectivity index is 4.40. The van der Waals surface area contributed by atoms with Gasteiger partial charge in [0, 0.05) is 18.3 Å². The fourth-order valence-corrected chi connectivity index (χ4v) is 2.50. The van der Waals surface area contributed by atoms with Crippen LogP contribution in [0.1, 0.15) is 39.5 Å². The summed E-state index contributed by atoms with van der Waals surface area (Å²) in [6, 6.07) is 0. The topological polar surface area (TPSA) is 52.6 Å². The molecule has 1 atom stereocenters. The van der Waals surface area contributed by atoms with Crippen LogP contribution in [0.3, 0.4) is 0 Å². The molecule has 0 aromatic rings. The number of carbonyl (C=O) groups is 2. The molecule has 0 aromatic carbocycles. The Labute approximate surface area is 141 Å². The number of ether oxygens (including phenoxy) is 2. The molecule has 0 saturated carbocycles. The molecule has 0 heterocycles. The van der Waals surface area contributed by atoms with Crippen molar-refractivity contribution in [2.75, 3.05) is 7.11 Å². The Bertz CT molecular complexity index is 477. The van der Waals surface area contributed by atoms with Gasteiger partial charge in [0.1, 0.15) is 8.07 Å². The van der Waals surface area contributed by atoms with Crippen LogP contribution in [0.15, 0.2) is 12.7 Å². The smallest absolute Gasteiger partial charge is 0.347 e. The van der Waals surface area contributed by atoms with Crippen molar-refractivity contribution >= 4 is 20.0 Å². The van der Waals surface area contributed by atoms with E-state index in [4.69, 9.17) is 4.74 Å². The van der Waals surface area contributed by atoms with E-state index in [1.807, 2.05) is 0 Å². The quantitative estimate of drug-likeness (QED) is 0.293. The van der Waals surface area contributed by atoms with Gasteiger partial charge in [-0.2, -0.15) is 0 Å². The normalized spacial score (nSPS) is 12.6. The summed E-state index contributed by atoms with van der Waals surface area (Å²) in [5, 5.41) is 0. The van der Waals surface area contributed by atoms with Crippen LogP contribution in [0.2, 0.25) is 19.6 Å². The maximum atomic E-state index is 11.9. The van der Waals surface area contributed by atoms with Crippen molar-refractivity contribution in [2.24, 2.45) is 5.41 Å². The van der Waals surface area contributed by atoms with E-state index in [9.17, 15) is 9.59 Å². The van der Waals surface area contributed by atoms with E-state index >= 15 is 0 Å². The molecule has 5 heteroatoms. The average Bonchev–Trinajstić information content (AvgIpc) is 2.43. The Hall–Kier alpha value is -1.54. The summed E-state index contributed by atoms with van der Waals surface area (Å²) >= 11 is 0. The van der Waals surface area contributed by atoms with E-state index in [1.165, 1.54) is 13.2 Å². The van der Waals surface area contributed by atoms with Crippen molar-refractivity contribution in [3.8, 4) is 11.5 Å². The summed E-state index contributed by atoms with van der Waals surface area (Å²) in [7, 11) is -0.120. The second-order valence-corrected chi connectivity index (χ2v) is 12.0. The second-order valence-electron chi connectivity index (χ2n) is 7.26. The number of rotatable bonds is 8. The molecule has 0 amide bonds. The van der Waals surface area contributed by atoms with Crippen molar-refractivity contribution in [2.45, 2.75) is 65.3 Å². The summed E-state index contributed by atoms with van der Waals surface area (Å²) in [5.74, 6) is 2.39. The van der Waals surface area contributed by atoms with Gasteiger partial charge in [-0.05, 0) is 26.7 Å². The average molecular weight is 339 g/mol. The maximum Gasteiger partial charge on any atom is 0.347 e. The molecule has 0 aliphatic carbocycles. The second kappa shape index (κ2) is 9.56. The molecule has 0 rings (SSSR count). The lowest BCUT2D eigenvalue weighted by molar-refractivity contribution is -0.165. The molecule has 1 unspecified atom stereocenters. The largest absolute Gasteiger partial charge is 0.466 e. The van der Waals surface area contributed by atoms with Gasteiger partial charge < -0.3 is 9.47 Å². The molecule has 0 aliphatic rings.